The maximum Gasteiger partial charge on any atom is 0.315 e. The highest BCUT2D eigenvalue weighted by molar-refractivity contribution is 7.88. The third kappa shape index (κ3) is 14.0. The van der Waals surface area contributed by atoms with Crippen LogP contribution in [0.3, 0.4) is 0 Å². The van der Waals surface area contributed by atoms with Crippen molar-refractivity contribution < 1.29 is 22.7 Å². The molecule has 0 unspecified atom stereocenters. The molecule has 1 amide bonds. The Labute approximate surface area is 334 Å². The Morgan fingerprint density at radius 3 is 2.09 bits per heavy atom. The largest absolute Gasteiger partial charge is 0.465 e. The summed E-state index contributed by atoms with van der Waals surface area (Å²) in [6, 6.07) is 13.2. The zero-order valence-corrected chi connectivity index (χ0v) is 35.4. The van der Waals surface area contributed by atoms with Gasteiger partial charge in [-0.1, -0.05) is 110 Å². The standard InChI is InChI=1S/C43H63N7O5S/c1-8-10-11-12-13-14-15-16-17-18-19-20-27-55-39(52)29-38(51)45-34-23-21-33(22-24-34)37-30-50-42(47-37)40(41(48-50)43(4,5)6)46-36-26-25-35(28-32(36)3)49(9-2)31-44-56(7,53)54/h21-26,28,30,44H,8-20,27,29,31H2,1-7H3,(H,45,51)/b46-40-. The van der Waals surface area contributed by atoms with Crippen LogP contribution in [0.1, 0.15) is 129 Å². The van der Waals surface area contributed by atoms with Gasteiger partial charge in [0.25, 0.3) is 0 Å². The van der Waals surface area contributed by atoms with Gasteiger partial charge in [-0.25, -0.2) is 23.1 Å². The van der Waals surface area contributed by atoms with Gasteiger partial charge in [0.15, 0.2) is 5.82 Å². The molecule has 0 fully saturated rings. The molecule has 0 saturated heterocycles. The smallest absolute Gasteiger partial charge is 0.315 e. The van der Waals surface area contributed by atoms with E-state index in [1.54, 1.807) is 16.8 Å². The first-order chi connectivity index (χ1) is 26.7. The summed E-state index contributed by atoms with van der Waals surface area (Å²) in [6.07, 6.45) is 17.5. The predicted octanol–water partition coefficient (Wildman–Crippen LogP) is 9.15. The fourth-order valence-corrected chi connectivity index (χ4v) is 6.91. The molecule has 0 atom stereocenters. The molecule has 4 rings (SSSR count). The Morgan fingerprint density at radius 2 is 1.52 bits per heavy atom. The number of ether oxygens (including phenoxy) is 1. The molecular weight excluding hydrogens is 727 g/mol. The average Bonchev–Trinajstić information content (AvgIpc) is 3.70. The second-order valence-corrected chi connectivity index (χ2v) is 17.6. The van der Waals surface area contributed by atoms with Crippen molar-refractivity contribution in [2.24, 2.45) is 15.5 Å². The molecule has 0 saturated carbocycles. The van der Waals surface area contributed by atoms with Crippen LogP contribution < -0.4 is 14.9 Å². The Morgan fingerprint density at radius 1 is 0.893 bits per heavy atom. The Balaban J connectivity index is 1.29. The van der Waals surface area contributed by atoms with Gasteiger partial charge in [-0.3, -0.25) is 9.59 Å². The molecule has 0 bridgehead atoms. The third-order valence-electron chi connectivity index (χ3n) is 9.75. The van der Waals surface area contributed by atoms with Crippen molar-refractivity contribution >= 4 is 50.4 Å². The number of aromatic nitrogens is 2. The van der Waals surface area contributed by atoms with E-state index in [1.165, 1.54) is 57.8 Å². The van der Waals surface area contributed by atoms with E-state index in [0.717, 1.165) is 53.7 Å². The summed E-state index contributed by atoms with van der Waals surface area (Å²) in [6.45, 7) is 13.6. The van der Waals surface area contributed by atoms with Gasteiger partial charge in [0.05, 0.1) is 42.8 Å². The summed E-state index contributed by atoms with van der Waals surface area (Å²) >= 11 is 0. The van der Waals surface area contributed by atoms with Gasteiger partial charge in [0.1, 0.15) is 12.1 Å². The van der Waals surface area contributed by atoms with Crippen molar-refractivity contribution in [2.75, 3.05) is 36.3 Å². The van der Waals surface area contributed by atoms with Gasteiger partial charge in [-0.2, -0.15) is 9.82 Å². The first kappa shape index (κ1) is 44.4. The molecule has 0 spiro atoms. The maximum absolute atomic E-state index is 12.6. The first-order valence-electron chi connectivity index (χ1n) is 20.3. The van der Waals surface area contributed by atoms with Crippen LogP contribution in [0.4, 0.5) is 17.1 Å². The number of unbranched alkanes of at least 4 members (excludes halogenated alkanes) is 11. The molecule has 0 aliphatic carbocycles. The number of esters is 1. The van der Waals surface area contributed by atoms with E-state index < -0.39 is 21.9 Å². The molecule has 2 heterocycles. The predicted molar refractivity (Wildman–Crippen MR) is 228 cm³/mol. The average molecular weight is 790 g/mol. The van der Waals surface area contributed by atoms with Crippen molar-refractivity contribution in [1.29, 1.82) is 0 Å². The van der Waals surface area contributed by atoms with Crippen LogP contribution in [0.25, 0.3) is 11.3 Å². The second kappa shape index (κ2) is 21.2. The molecule has 1 aliphatic rings. The number of nitrogens with zero attached hydrogens (tertiary/aromatic N) is 5. The molecule has 0 radical (unpaired) electrons. The number of carbonyl (C=O) groups excluding carboxylic acids is 2. The van der Waals surface area contributed by atoms with Crippen LogP contribution in [-0.4, -0.2) is 67.5 Å². The quantitative estimate of drug-likeness (QED) is 0.0422. The van der Waals surface area contributed by atoms with Gasteiger partial charge in [0, 0.05) is 28.9 Å². The Hall–Kier alpha value is -4.36. The number of fused-ring (bicyclic) bond motifs is 1. The third-order valence-corrected chi connectivity index (χ3v) is 10.4. The fraction of sp³-hybridized carbons (Fsp3) is 0.558. The number of imidazole rings is 1. The van der Waals surface area contributed by atoms with Crippen LogP contribution in [0.15, 0.2) is 58.8 Å². The van der Waals surface area contributed by atoms with Gasteiger partial charge < -0.3 is 15.0 Å². The lowest BCUT2D eigenvalue weighted by atomic mass is 9.87. The zero-order valence-electron chi connectivity index (χ0n) is 34.6. The zero-order chi connectivity index (χ0) is 40.7. The van der Waals surface area contributed by atoms with Crippen LogP contribution in [0.2, 0.25) is 0 Å². The number of benzene rings is 2. The van der Waals surface area contributed by atoms with Gasteiger partial charge in [-0.15, -0.1) is 0 Å². The molecule has 1 aliphatic heterocycles. The number of aliphatic imine (C=N–C) groups is 1. The van der Waals surface area contributed by atoms with E-state index in [1.807, 2.05) is 55.3 Å². The minimum Gasteiger partial charge on any atom is -0.465 e. The number of hydrogen-bond donors (Lipinski definition) is 2. The molecule has 3 aromatic rings. The molecular formula is C43H63N7O5S. The highest BCUT2D eigenvalue weighted by Crippen LogP contribution is 2.32. The number of nitrogens with one attached hydrogen (secondary N) is 2. The monoisotopic (exact) mass is 789 g/mol. The van der Waals surface area contributed by atoms with E-state index in [-0.39, 0.29) is 18.5 Å². The number of aryl methyl sites for hydroxylation is 1. The minimum atomic E-state index is -3.33. The highest BCUT2D eigenvalue weighted by atomic mass is 32.2. The van der Waals surface area contributed by atoms with Crippen molar-refractivity contribution in [3.63, 3.8) is 0 Å². The van der Waals surface area contributed by atoms with Crippen molar-refractivity contribution in [3.05, 3.63) is 60.0 Å². The molecule has 12 nitrogen and oxygen atoms in total. The molecule has 1 aromatic heterocycles. The SMILES string of the molecule is CCCCCCCCCCCCCCOC(=O)CC(=O)Nc1ccc(-c2cn3c(n2)/C(=N\c2ccc(N(CC)CNS(C)(=O)=O)cc2C)C(C(C)(C)C)=N3)cc1. The van der Waals surface area contributed by atoms with E-state index >= 15 is 0 Å². The summed E-state index contributed by atoms with van der Waals surface area (Å²) in [4.78, 5) is 36.8. The molecule has 2 aromatic carbocycles. The minimum absolute atomic E-state index is 0.172. The van der Waals surface area contributed by atoms with E-state index in [0.29, 0.717) is 36.1 Å². The van der Waals surface area contributed by atoms with Crippen LogP contribution in [0, 0.1) is 12.3 Å². The second-order valence-electron chi connectivity index (χ2n) is 15.8. The van der Waals surface area contributed by atoms with Crippen LogP contribution >= 0.6 is 0 Å². The van der Waals surface area contributed by atoms with Crippen molar-refractivity contribution in [2.45, 2.75) is 125 Å². The first-order valence-corrected chi connectivity index (χ1v) is 22.2. The summed E-state index contributed by atoms with van der Waals surface area (Å²) in [5.74, 6) is -0.307. The van der Waals surface area contributed by atoms with E-state index in [2.05, 4.69) is 37.7 Å². The lowest BCUT2D eigenvalue weighted by Gasteiger charge is -2.24. The Kier molecular flexibility index (Phi) is 16.8. The van der Waals surface area contributed by atoms with Gasteiger partial charge >= 0.3 is 5.97 Å². The number of rotatable bonds is 23. The highest BCUT2D eigenvalue weighted by Gasteiger charge is 2.34. The summed E-state index contributed by atoms with van der Waals surface area (Å²) in [7, 11) is -3.33. The lowest BCUT2D eigenvalue weighted by molar-refractivity contribution is -0.145. The fourth-order valence-electron chi connectivity index (χ4n) is 6.52. The maximum atomic E-state index is 12.6. The number of anilines is 2. The molecule has 56 heavy (non-hydrogen) atoms. The topological polar surface area (TPSA) is 147 Å². The molecule has 2 N–H and O–H groups in total. The number of sulfonamides is 1. The lowest BCUT2D eigenvalue weighted by Crippen LogP contribution is -2.37. The van der Waals surface area contributed by atoms with Gasteiger partial charge in [0.2, 0.25) is 15.9 Å². The van der Waals surface area contributed by atoms with Gasteiger partial charge in [-0.05, 0) is 56.2 Å². The number of amides is 1. The summed E-state index contributed by atoms with van der Waals surface area (Å²) < 4.78 is 33.0. The normalized spacial score (nSPS) is 13.5. The summed E-state index contributed by atoms with van der Waals surface area (Å²) in [5, 5.41) is 7.68. The number of hydrogen-bond acceptors (Lipinski definition) is 9. The van der Waals surface area contributed by atoms with Crippen LogP contribution in [-0.2, 0) is 24.3 Å². The Bertz CT molecular complexity index is 1930. The van der Waals surface area contributed by atoms with E-state index in [9.17, 15) is 18.0 Å². The van der Waals surface area contributed by atoms with Crippen molar-refractivity contribution in [1.82, 2.24) is 14.4 Å². The van der Waals surface area contributed by atoms with Crippen molar-refractivity contribution in [3.8, 4) is 11.3 Å². The molecule has 306 valence electrons. The molecule has 13 heteroatoms. The number of carbonyl (C=O) groups is 2. The van der Waals surface area contributed by atoms with Crippen LogP contribution in [0.5, 0.6) is 0 Å². The van der Waals surface area contributed by atoms with E-state index in [4.69, 9.17) is 19.8 Å². The summed E-state index contributed by atoms with van der Waals surface area (Å²) in [5.41, 5.74) is 5.87.